The summed E-state index contributed by atoms with van der Waals surface area (Å²) in [6, 6.07) is 17.1. The molecule has 0 unspecified atom stereocenters. The maximum atomic E-state index is 12.3. The number of hydrogen-bond donors (Lipinski definition) is 3. The fourth-order valence-electron chi connectivity index (χ4n) is 2.43. The highest BCUT2D eigenvalue weighted by Crippen LogP contribution is 2.24. The Balaban J connectivity index is 1.81. The Bertz CT molecular complexity index is 1100. The highest BCUT2D eigenvalue weighted by atomic mass is 16.4. The van der Waals surface area contributed by atoms with Gasteiger partial charge in [0.05, 0.1) is 5.56 Å². The third kappa shape index (κ3) is 4.26. The molecule has 7 heteroatoms. The number of amides is 1. The summed E-state index contributed by atoms with van der Waals surface area (Å²) in [5.41, 5.74) is 0.936. The smallest absolute Gasteiger partial charge is 0.335 e. The summed E-state index contributed by atoms with van der Waals surface area (Å²) >= 11 is 0. The van der Waals surface area contributed by atoms with Crippen molar-refractivity contribution in [1.82, 2.24) is 0 Å². The van der Waals surface area contributed by atoms with Gasteiger partial charge in [-0.05, 0) is 48.5 Å². The van der Waals surface area contributed by atoms with Crippen LogP contribution in [0.1, 0.15) is 16.1 Å². The predicted octanol–water partition coefficient (Wildman–Crippen LogP) is 3.90. The number of carboxylic acid groups (broad SMARTS) is 1. The van der Waals surface area contributed by atoms with Crippen LogP contribution < -0.4 is 5.32 Å². The fraction of sp³-hybridized carbons (Fsp3) is 0. The summed E-state index contributed by atoms with van der Waals surface area (Å²) in [5, 5.41) is 30.2. The van der Waals surface area contributed by atoms with E-state index in [1.54, 1.807) is 24.3 Å². The van der Waals surface area contributed by atoms with Gasteiger partial charge in [0.1, 0.15) is 28.9 Å². The minimum absolute atomic E-state index is 0.0594. The summed E-state index contributed by atoms with van der Waals surface area (Å²) in [7, 11) is 0. The number of carboxylic acids is 1. The fourth-order valence-corrected chi connectivity index (χ4v) is 2.43. The topological polar surface area (TPSA) is 124 Å². The van der Waals surface area contributed by atoms with Crippen molar-refractivity contribution >= 4 is 23.6 Å². The van der Waals surface area contributed by atoms with Crippen molar-refractivity contribution in [1.29, 1.82) is 5.26 Å². The molecular weight excluding hydrogens is 360 g/mol. The van der Waals surface area contributed by atoms with Crippen LogP contribution in [0.4, 0.5) is 5.69 Å². The number of hydrogen-bond acceptors (Lipinski definition) is 5. The molecule has 3 aromatic rings. The highest BCUT2D eigenvalue weighted by molar-refractivity contribution is 6.09. The van der Waals surface area contributed by atoms with Gasteiger partial charge in [-0.25, -0.2) is 4.79 Å². The summed E-state index contributed by atoms with van der Waals surface area (Å²) in [5.74, 6) is -0.937. The Labute approximate surface area is 159 Å². The van der Waals surface area contributed by atoms with Crippen molar-refractivity contribution < 1.29 is 24.2 Å². The van der Waals surface area contributed by atoms with E-state index in [2.05, 4.69) is 5.32 Å². The second-order valence-corrected chi connectivity index (χ2v) is 5.76. The third-order valence-corrected chi connectivity index (χ3v) is 3.80. The molecule has 0 aliphatic carbocycles. The largest absolute Gasteiger partial charge is 0.508 e. The summed E-state index contributed by atoms with van der Waals surface area (Å²) in [6.07, 6.45) is 1.29. The zero-order chi connectivity index (χ0) is 20.1. The minimum Gasteiger partial charge on any atom is -0.508 e. The van der Waals surface area contributed by atoms with Gasteiger partial charge in [-0.15, -0.1) is 0 Å². The Morgan fingerprint density at radius 1 is 1.07 bits per heavy atom. The number of anilines is 1. The molecule has 0 spiro atoms. The minimum atomic E-state index is -1.05. The quantitative estimate of drug-likeness (QED) is 0.353. The molecule has 0 aliphatic rings. The van der Waals surface area contributed by atoms with E-state index in [4.69, 9.17) is 9.52 Å². The van der Waals surface area contributed by atoms with E-state index in [0.29, 0.717) is 17.0 Å². The van der Waals surface area contributed by atoms with Crippen LogP contribution in [-0.2, 0) is 4.79 Å². The van der Waals surface area contributed by atoms with Gasteiger partial charge in [-0.2, -0.15) is 5.26 Å². The SMILES string of the molecule is N#C/C(=C\c1ccc(-c2cccc(C(=O)O)c2)o1)C(=O)Nc1ccc(O)cc1. The maximum absolute atomic E-state index is 12.3. The number of benzene rings is 2. The Hall–Kier alpha value is -4.31. The molecule has 0 fully saturated rings. The lowest BCUT2D eigenvalue weighted by Crippen LogP contribution is -2.13. The molecule has 0 bridgehead atoms. The number of carbonyl (C=O) groups is 2. The molecule has 0 saturated heterocycles. The van der Waals surface area contributed by atoms with Crippen LogP contribution in [0.2, 0.25) is 0 Å². The molecule has 3 N–H and O–H groups in total. The van der Waals surface area contributed by atoms with E-state index in [1.165, 1.54) is 42.5 Å². The molecule has 1 heterocycles. The molecule has 138 valence electrons. The van der Waals surface area contributed by atoms with Crippen LogP contribution in [0.15, 0.2) is 70.7 Å². The van der Waals surface area contributed by atoms with E-state index >= 15 is 0 Å². The molecular formula is C21H14N2O5. The zero-order valence-corrected chi connectivity index (χ0v) is 14.4. The lowest BCUT2D eigenvalue weighted by molar-refractivity contribution is -0.112. The Morgan fingerprint density at radius 3 is 2.50 bits per heavy atom. The number of carbonyl (C=O) groups excluding carboxylic acids is 1. The third-order valence-electron chi connectivity index (χ3n) is 3.80. The van der Waals surface area contributed by atoms with Crippen LogP contribution in [0, 0.1) is 11.3 Å². The van der Waals surface area contributed by atoms with Crippen molar-refractivity contribution in [3.8, 4) is 23.1 Å². The van der Waals surface area contributed by atoms with Gasteiger partial charge in [-0.3, -0.25) is 4.79 Å². The number of rotatable bonds is 5. The molecule has 3 rings (SSSR count). The standard InChI is InChI=1S/C21H14N2O5/c22-12-15(20(25)23-16-4-6-17(24)7-5-16)11-18-8-9-19(28-18)13-2-1-3-14(10-13)21(26)27/h1-11,24H,(H,23,25)(H,26,27)/b15-11+. The predicted molar refractivity (Wildman–Crippen MR) is 101 cm³/mol. The number of aromatic carboxylic acids is 1. The second kappa shape index (κ2) is 7.93. The molecule has 7 nitrogen and oxygen atoms in total. The molecule has 1 amide bonds. The number of phenolic OH excluding ortho intramolecular Hbond substituents is 1. The average Bonchev–Trinajstić information content (AvgIpc) is 3.16. The highest BCUT2D eigenvalue weighted by Gasteiger charge is 2.12. The normalized spacial score (nSPS) is 10.9. The van der Waals surface area contributed by atoms with Crippen molar-refractivity contribution in [2.75, 3.05) is 5.32 Å². The van der Waals surface area contributed by atoms with Crippen LogP contribution in [0.3, 0.4) is 0 Å². The van der Waals surface area contributed by atoms with Gasteiger partial charge in [0, 0.05) is 17.3 Å². The summed E-state index contributed by atoms with van der Waals surface area (Å²) in [4.78, 5) is 23.3. The van der Waals surface area contributed by atoms with Crippen LogP contribution in [0.5, 0.6) is 5.75 Å². The zero-order valence-electron chi connectivity index (χ0n) is 14.4. The molecule has 0 radical (unpaired) electrons. The van der Waals surface area contributed by atoms with Gasteiger partial charge in [-0.1, -0.05) is 12.1 Å². The Kier molecular flexibility index (Phi) is 5.23. The van der Waals surface area contributed by atoms with Crippen molar-refractivity contribution in [2.24, 2.45) is 0 Å². The van der Waals surface area contributed by atoms with Gasteiger partial charge >= 0.3 is 5.97 Å². The number of aromatic hydroxyl groups is 1. The van der Waals surface area contributed by atoms with Crippen molar-refractivity contribution in [2.45, 2.75) is 0 Å². The summed E-state index contributed by atoms with van der Waals surface area (Å²) in [6.45, 7) is 0. The number of nitrogens with zero attached hydrogens (tertiary/aromatic N) is 1. The number of furan rings is 1. The molecule has 2 aromatic carbocycles. The lowest BCUT2D eigenvalue weighted by atomic mass is 10.1. The number of phenols is 1. The second-order valence-electron chi connectivity index (χ2n) is 5.76. The van der Waals surface area contributed by atoms with Crippen LogP contribution in [0.25, 0.3) is 17.4 Å². The van der Waals surface area contributed by atoms with E-state index in [0.717, 1.165) is 0 Å². The molecule has 28 heavy (non-hydrogen) atoms. The van der Waals surface area contributed by atoms with Crippen LogP contribution >= 0.6 is 0 Å². The monoisotopic (exact) mass is 374 g/mol. The van der Waals surface area contributed by atoms with E-state index < -0.39 is 11.9 Å². The van der Waals surface area contributed by atoms with E-state index in [-0.39, 0.29) is 22.6 Å². The van der Waals surface area contributed by atoms with Gasteiger partial charge < -0.3 is 19.9 Å². The first-order valence-electron chi connectivity index (χ1n) is 8.12. The Morgan fingerprint density at radius 2 is 1.82 bits per heavy atom. The molecule has 1 aromatic heterocycles. The average molecular weight is 374 g/mol. The lowest BCUT2D eigenvalue weighted by Gasteiger charge is -2.03. The summed E-state index contributed by atoms with van der Waals surface area (Å²) < 4.78 is 5.62. The van der Waals surface area contributed by atoms with Gasteiger partial charge in [0.15, 0.2) is 0 Å². The van der Waals surface area contributed by atoms with E-state index in [1.807, 2.05) is 6.07 Å². The number of nitriles is 1. The maximum Gasteiger partial charge on any atom is 0.335 e. The number of nitrogens with one attached hydrogen (secondary N) is 1. The van der Waals surface area contributed by atoms with Crippen molar-refractivity contribution in [3.05, 3.63) is 77.6 Å². The molecule has 0 aliphatic heterocycles. The van der Waals surface area contributed by atoms with Gasteiger partial charge in [0.25, 0.3) is 5.91 Å². The first kappa shape index (κ1) is 18.5. The van der Waals surface area contributed by atoms with Crippen molar-refractivity contribution in [3.63, 3.8) is 0 Å². The molecule has 0 atom stereocenters. The first-order chi connectivity index (χ1) is 13.5. The van der Waals surface area contributed by atoms with Crippen LogP contribution in [-0.4, -0.2) is 22.1 Å². The molecule has 0 saturated carbocycles. The van der Waals surface area contributed by atoms with Gasteiger partial charge in [0.2, 0.25) is 0 Å². The van der Waals surface area contributed by atoms with E-state index in [9.17, 15) is 20.0 Å². The first-order valence-corrected chi connectivity index (χ1v) is 8.12.